The SMILES string of the molecule is O=C(C=Cc1ccccc1)NCC1CCN(C(=O)C=Cc2ccccc2)CC1. The molecule has 1 heterocycles. The first kappa shape index (κ1) is 19.6. The summed E-state index contributed by atoms with van der Waals surface area (Å²) in [5.41, 5.74) is 2.03. The molecule has 0 radical (unpaired) electrons. The maximum Gasteiger partial charge on any atom is 0.246 e. The minimum Gasteiger partial charge on any atom is -0.352 e. The molecule has 2 aromatic rings. The van der Waals surface area contributed by atoms with Crippen LogP contribution in [0.2, 0.25) is 0 Å². The van der Waals surface area contributed by atoms with Gasteiger partial charge >= 0.3 is 0 Å². The van der Waals surface area contributed by atoms with E-state index >= 15 is 0 Å². The highest BCUT2D eigenvalue weighted by Gasteiger charge is 2.21. The molecular weight excluding hydrogens is 348 g/mol. The molecule has 4 heteroatoms. The monoisotopic (exact) mass is 374 g/mol. The van der Waals surface area contributed by atoms with Gasteiger partial charge in [-0.3, -0.25) is 9.59 Å². The lowest BCUT2D eigenvalue weighted by Gasteiger charge is -2.31. The smallest absolute Gasteiger partial charge is 0.246 e. The molecule has 0 atom stereocenters. The average Bonchev–Trinajstić information content (AvgIpc) is 2.76. The summed E-state index contributed by atoms with van der Waals surface area (Å²) in [4.78, 5) is 26.2. The predicted molar refractivity (Wildman–Crippen MR) is 113 cm³/mol. The molecule has 0 aliphatic carbocycles. The molecule has 1 N–H and O–H groups in total. The zero-order chi connectivity index (χ0) is 19.6. The molecule has 1 saturated heterocycles. The standard InChI is InChI=1S/C24H26N2O2/c27-23(13-11-20-7-3-1-4-8-20)25-19-22-15-17-26(18-16-22)24(28)14-12-21-9-5-2-6-10-21/h1-14,22H,15-19H2,(H,25,27). The number of piperidine rings is 1. The summed E-state index contributed by atoms with van der Waals surface area (Å²) in [6, 6.07) is 19.6. The van der Waals surface area contributed by atoms with Gasteiger partial charge in [0.05, 0.1) is 0 Å². The second kappa shape index (κ2) is 10.3. The zero-order valence-corrected chi connectivity index (χ0v) is 16.0. The minimum atomic E-state index is -0.0758. The van der Waals surface area contributed by atoms with Crippen LogP contribution in [-0.4, -0.2) is 36.3 Å². The van der Waals surface area contributed by atoms with E-state index in [1.165, 1.54) is 0 Å². The quantitative estimate of drug-likeness (QED) is 0.783. The number of nitrogens with zero attached hydrogens (tertiary/aromatic N) is 1. The van der Waals surface area contributed by atoms with Crippen molar-refractivity contribution in [1.82, 2.24) is 10.2 Å². The third-order valence-corrected chi connectivity index (χ3v) is 4.94. The second-order valence-corrected chi connectivity index (χ2v) is 7.00. The van der Waals surface area contributed by atoms with Gasteiger partial charge in [-0.15, -0.1) is 0 Å². The largest absolute Gasteiger partial charge is 0.352 e. The van der Waals surface area contributed by atoms with Crippen LogP contribution in [0.3, 0.4) is 0 Å². The van der Waals surface area contributed by atoms with Crippen molar-refractivity contribution in [3.63, 3.8) is 0 Å². The van der Waals surface area contributed by atoms with Crippen LogP contribution in [0.5, 0.6) is 0 Å². The summed E-state index contributed by atoms with van der Waals surface area (Å²) in [7, 11) is 0. The van der Waals surface area contributed by atoms with Crippen LogP contribution in [0.25, 0.3) is 12.2 Å². The number of carbonyl (C=O) groups excluding carboxylic acids is 2. The molecule has 4 nitrogen and oxygen atoms in total. The first-order valence-corrected chi connectivity index (χ1v) is 9.74. The fraction of sp³-hybridized carbons (Fsp3) is 0.250. The highest BCUT2D eigenvalue weighted by Crippen LogP contribution is 2.17. The molecule has 0 spiro atoms. The van der Waals surface area contributed by atoms with Crippen molar-refractivity contribution in [3.05, 3.63) is 83.9 Å². The Morgan fingerprint density at radius 3 is 1.96 bits per heavy atom. The summed E-state index contributed by atoms with van der Waals surface area (Å²) < 4.78 is 0. The molecule has 1 fully saturated rings. The molecule has 28 heavy (non-hydrogen) atoms. The first-order chi connectivity index (χ1) is 13.7. The normalized spacial score (nSPS) is 15.2. The van der Waals surface area contributed by atoms with Crippen LogP contribution in [0.15, 0.2) is 72.8 Å². The number of rotatable bonds is 6. The number of benzene rings is 2. The van der Waals surface area contributed by atoms with Gasteiger partial charge in [-0.1, -0.05) is 60.7 Å². The number of carbonyl (C=O) groups is 2. The minimum absolute atomic E-state index is 0.0529. The van der Waals surface area contributed by atoms with Gasteiger partial charge in [0.25, 0.3) is 0 Å². The number of nitrogens with one attached hydrogen (secondary N) is 1. The van der Waals surface area contributed by atoms with Crippen molar-refractivity contribution in [1.29, 1.82) is 0 Å². The van der Waals surface area contributed by atoms with Crippen molar-refractivity contribution in [2.75, 3.05) is 19.6 Å². The van der Waals surface area contributed by atoms with Gasteiger partial charge in [0.15, 0.2) is 0 Å². The van der Waals surface area contributed by atoms with E-state index in [9.17, 15) is 9.59 Å². The number of amides is 2. The molecule has 0 saturated carbocycles. The van der Waals surface area contributed by atoms with Crippen LogP contribution in [-0.2, 0) is 9.59 Å². The van der Waals surface area contributed by atoms with Gasteiger partial charge < -0.3 is 10.2 Å². The Morgan fingerprint density at radius 2 is 1.39 bits per heavy atom. The molecule has 0 unspecified atom stereocenters. The van der Waals surface area contributed by atoms with E-state index in [0.717, 1.165) is 37.1 Å². The maximum atomic E-state index is 12.3. The van der Waals surface area contributed by atoms with Gasteiger partial charge in [0, 0.05) is 31.8 Å². The molecule has 2 aromatic carbocycles. The van der Waals surface area contributed by atoms with Crippen molar-refractivity contribution in [3.8, 4) is 0 Å². The Hall–Kier alpha value is -3.14. The van der Waals surface area contributed by atoms with E-state index in [0.29, 0.717) is 12.5 Å². The third kappa shape index (κ3) is 6.23. The Morgan fingerprint density at radius 1 is 0.857 bits per heavy atom. The molecule has 2 amide bonds. The lowest BCUT2D eigenvalue weighted by Crippen LogP contribution is -2.40. The van der Waals surface area contributed by atoms with E-state index in [2.05, 4.69) is 5.32 Å². The molecule has 144 valence electrons. The Bertz CT molecular complexity index is 820. The van der Waals surface area contributed by atoms with Gasteiger partial charge in [-0.05, 0) is 42.0 Å². The van der Waals surface area contributed by atoms with Crippen LogP contribution in [0.1, 0.15) is 24.0 Å². The molecule has 1 aliphatic heterocycles. The second-order valence-electron chi connectivity index (χ2n) is 7.00. The van der Waals surface area contributed by atoms with Crippen LogP contribution >= 0.6 is 0 Å². The predicted octanol–water partition coefficient (Wildman–Crippen LogP) is 3.77. The Kier molecular flexibility index (Phi) is 7.19. The third-order valence-electron chi connectivity index (χ3n) is 4.94. The molecule has 0 bridgehead atoms. The summed E-state index contributed by atoms with van der Waals surface area (Å²) >= 11 is 0. The number of likely N-dealkylation sites (tertiary alicyclic amines) is 1. The molecule has 3 rings (SSSR count). The Labute approximate surface area is 166 Å². The van der Waals surface area contributed by atoms with Crippen LogP contribution in [0.4, 0.5) is 0 Å². The van der Waals surface area contributed by atoms with Crippen molar-refractivity contribution in [2.45, 2.75) is 12.8 Å². The highest BCUT2D eigenvalue weighted by molar-refractivity contribution is 5.92. The number of hydrogen-bond donors (Lipinski definition) is 1. The van der Waals surface area contributed by atoms with E-state index in [4.69, 9.17) is 0 Å². The van der Waals surface area contributed by atoms with E-state index < -0.39 is 0 Å². The lowest BCUT2D eigenvalue weighted by atomic mass is 9.96. The number of hydrogen-bond acceptors (Lipinski definition) is 2. The van der Waals surface area contributed by atoms with Gasteiger partial charge in [0.1, 0.15) is 0 Å². The maximum absolute atomic E-state index is 12.3. The van der Waals surface area contributed by atoms with Crippen molar-refractivity contribution >= 4 is 24.0 Å². The van der Waals surface area contributed by atoms with Gasteiger partial charge in [-0.2, -0.15) is 0 Å². The van der Waals surface area contributed by atoms with Crippen molar-refractivity contribution in [2.24, 2.45) is 5.92 Å². The average molecular weight is 374 g/mol. The molecular formula is C24H26N2O2. The fourth-order valence-corrected chi connectivity index (χ4v) is 3.23. The van der Waals surface area contributed by atoms with Crippen LogP contribution < -0.4 is 5.32 Å². The summed E-state index contributed by atoms with van der Waals surface area (Å²) in [6.07, 6.45) is 8.71. The van der Waals surface area contributed by atoms with Gasteiger partial charge in [-0.25, -0.2) is 0 Å². The summed E-state index contributed by atoms with van der Waals surface area (Å²) in [5.74, 6) is 0.390. The Balaban J connectivity index is 1.38. The van der Waals surface area contributed by atoms with E-state index in [1.807, 2.05) is 77.7 Å². The zero-order valence-electron chi connectivity index (χ0n) is 16.0. The summed E-state index contributed by atoms with van der Waals surface area (Å²) in [5, 5.41) is 2.97. The molecule has 0 aromatic heterocycles. The lowest BCUT2D eigenvalue weighted by molar-refractivity contribution is -0.127. The van der Waals surface area contributed by atoms with Crippen LogP contribution in [0, 0.1) is 5.92 Å². The van der Waals surface area contributed by atoms with Crippen molar-refractivity contribution < 1.29 is 9.59 Å². The van der Waals surface area contributed by atoms with E-state index in [-0.39, 0.29) is 11.8 Å². The fourth-order valence-electron chi connectivity index (χ4n) is 3.23. The van der Waals surface area contributed by atoms with Gasteiger partial charge in [0.2, 0.25) is 11.8 Å². The molecule has 1 aliphatic rings. The highest BCUT2D eigenvalue weighted by atomic mass is 16.2. The van der Waals surface area contributed by atoms with E-state index in [1.54, 1.807) is 12.2 Å². The summed E-state index contributed by atoms with van der Waals surface area (Å²) in [6.45, 7) is 2.12. The topological polar surface area (TPSA) is 49.4 Å². The first-order valence-electron chi connectivity index (χ1n) is 9.74.